The van der Waals surface area contributed by atoms with Crippen LogP contribution in [0.1, 0.15) is 31.2 Å². The molecular weight excluding hydrogens is 262 g/mol. The van der Waals surface area contributed by atoms with E-state index in [1.54, 1.807) is 17.6 Å². The number of thiophene rings is 1. The maximum absolute atomic E-state index is 11.0. The molecular formula is C11H18ClNOS2. The fourth-order valence-corrected chi connectivity index (χ4v) is 3.25. The summed E-state index contributed by atoms with van der Waals surface area (Å²) < 4.78 is 11.8. The van der Waals surface area contributed by atoms with E-state index in [2.05, 4.69) is 25.2 Å². The van der Waals surface area contributed by atoms with Crippen LogP contribution < -0.4 is 5.32 Å². The predicted octanol–water partition coefficient (Wildman–Crippen LogP) is 3.21. The van der Waals surface area contributed by atoms with Gasteiger partial charge >= 0.3 is 0 Å². The van der Waals surface area contributed by atoms with Gasteiger partial charge in [0.05, 0.1) is 4.34 Å². The van der Waals surface area contributed by atoms with E-state index in [0.29, 0.717) is 12.1 Å². The van der Waals surface area contributed by atoms with Crippen LogP contribution in [-0.2, 0) is 10.8 Å². The third-order valence-electron chi connectivity index (χ3n) is 2.39. The van der Waals surface area contributed by atoms with Crippen LogP contribution in [0.15, 0.2) is 12.1 Å². The van der Waals surface area contributed by atoms with Gasteiger partial charge in [-0.05, 0) is 32.4 Å². The lowest BCUT2D eigenvalue weighted by molar-refractivity contribution is 0.475. The molecule has 3 atom stereocenters. The predicted molar refractivity (Wildman–Crippen MR) is 73.9 cm³/mol. The molecule has 0 spiro atoms. The monoisotopic (exact) mass is 279 g/mol. The van der Waals surface area contributed by atoms with Gasteiger partial charge in [-0.1, -0.05) is 11.6 Å². The van der Waals surface area contributed by atoms with Crippen molar-refractivity contribution in [1.29, 1.82) is 0 Å². The molecule has 0 radical (unpaired) electrons. The molecule has 0 aliphatic carbocycles. The Labute approximate surface area is 109 Å². The van der Waals surface area contributed by atoms with Gasteiger partial charge in [0.1, 0.15) is 0 Å². The lowest BCUT2D eigenvalue weighted by atomic mass is 10.2. The summed E-state index contributed by atoms with van der Waals surface area (Å²) in [6.07, 6.45) is 2.68. The summed E-state index contributed by atoms with van der Waals surface area (Å²) >= 11 is 7.50. The molecule has 1 aromatic rings. The fraction of sp³-hybridized carbons (Fsp3) is 0.636. The molecule has 0 saturated heterocycles. The minimum Gasteiger partial charge on any atom is -0.307 e. The molecule has 0 saturated carbocycles. The van der Waals surface area contributed by atoms with Crippen molar-refractivity contribution in [2.75, 3.05) is 12.0 Å². The Kier molecular flexibility index (Phi) is 5.97. The first-order chi connectivity index (χ1) is 7.49. The molecule has 0 amide bonds. The largest absolute Gasteiger partial charge is 0.307 e. The highest BCUT2D eigenvalue weighted by Gasteiger charge is 2.11. The third kappa shape index (κ3) is 4.95. The van der Waals surface area contributed by atoms with Gasteiger partial charge in [-0.15, -0.1) is 11.3 Å². The van der Waals surface area contributed by atoms with Crippen molar-refractivity contribution in [3.63, 3.8) is 0 Å². The minimum absolute atomic E-state index is 0.304. The Morgan fingerprint density at radius 1 is 1.50 bits per heavy atom. The van der Waals surface area contributed by atoms with E-state index in [1.165, 1.54) is 4.88 Å². The summed E-state index contributed by atoms with van der Waals surface area (Å²) in [6, 6.07) is 4.65. The lowest BCUT2D eigenvalue weighted by Gasteiger charge is -2.18. The average Bonchev–Trinajstić information content (AvgIpc) is 2.62. The van der Waals surface area contributed by atoms with E-state index in [9.17, 15) is 4.21 Å². The molecule has 3 unspecified atom stereocenters. The van der Waals surface area contributed by atoms with Crippen LogP contribution in [-0.4, -0.2) is 22.3 Å². The fourth-order valence-electron chi connectivity index (χ4n) is 1.50. The van der Waals surface area contributed by atoms with Gasteiger partial charge in [-0.2, -0.15) is 0 Å². The molecule has 0 aliphatic heterocycles. The standard InChI is InChI=1S/C11H18ClNOS2/c1-8(6-7-16(3)14)13-9(2)10-4-5-11(12)15-10/h4-5,8-9,13H,6-7H2,1-3H3. The van der Waals surface area contributed by atoms with Crippen LogP contribution in [0.5, 0.6) is 0 Å². The van der Waals surface area contributed by atoms with Gasteiger partial charge < -0.3 is 5.32 Å². The summed E-state index contributed by atoms with van der Waals surface area (Å²) in [5, 5.41) is 3.48. The van der Waals surface area contributed by atoms with Crippen molar-refractivity contribution in [2.45, 2.75) is 32.4 Å². The highest BCUT2D eigenvalue weighted by atomic mass is 35.5. The summed E-state index contributed by atoms with van der Waals surface area (Å²) in [4.78, 5) is 1.24. The molecule has 1 rings (SSSR count). The summed E-state index contributed by atoms with van der Waals surface area (Å²) in [6.45, 7) is 4.25. The smallest absolute Gasteiger partial charge is 0.0931 e. The Morgan fingerprint density at radius 2 is 2.19 bits per heavy atom. The van der Waals surface area contributed by atoms with Gasteiger partial charge in [-0.3, -0.25) is 4.21 Å². The van der Waals surface area contributed by atoms with Crippen molar-refractivity contribution in [3.8, 4) is 0 Å². The van der Waals surface area contributed by atoms with Gasteiger partial charge in [0.15, 0.2) is 0 Å². The van der Waals surface area contributed by atoms with Crippen LogP contribution in [0.4, 0.5) is 0 Å². The van der Waals surface area contributed by atoms with Gasteiger partial charge in [0.25, 0.3) is 0 Å². The highest BCUT2D eigenvalue weighted by Crippen LogP contribution is 2.26. The van der Waals surface area contributed by atoms with Gasteiger partial charge in [0.2, 0.25) is 0 Å². The molecule has 1 N–H and O–H groups in total. The first-order valence-electron chi connectivity index (χ1n) is 5.30. The SMILES string of the molecule is CC(CCS(C)=O)NC(C)c1ccc(Cl)s1. The zero-order chi connectivity index (χ0) is 12.1. The van der Waals surface area contributed by atoms with Crippen LogP contribution >= 0.6 is 22.9 Å². The Hall–Kier alpha value is 0.1000. The molecule has 0 aliphatic rings. The van der Waals surface area contributed by atoms with E-state index in [1.807, 2.05) is 6.07 Å². The molecule has 1 aromatic heterocycles. The number of hydrogen-bond acceptors (Lipinski definition) is 3. The molecule has 16 heavy (non-hydrogen) atoms. The van der Waals surface area contributed by atoms with Crippen LogP contribution in [0, 0.1) is 0 Å². The zero-order valence-electron chi connectivity index (χ0n) is 9.83. The van der Waals surface area contributed by atoms with E-state index in [-0.39, 0.29) is 0 Å². The van der Waals surface area contributed by atoms with E-state index in [4.69, 9.17) is 11.6 Å². The molecule has 1 heterocycles. The molecule has 2 nitrogen and oxygen atoms in total. The number of nitrogens with one attached hydrogen (secondary N) is 1. The third-order valence-corrected chi connectivity index (χ3v) is 4.62. The molecule has 0 fully saturated rings. The van der Waals surface area contributed by atoms with Crippen molar-refractivity contribution >= 4 is 33.7 Å². The Bertz CT molecular complexity index is 354. The molecule has 0 bridgehead atoms. The first kappa shape index (κ1) is 14.2. The average molecular weight is 280 g/mol. The molecule has 5 heteroatoms. The second kappa shape index (κ2) is 6.74. The number of rotatable bonds is 6. The molecule has 92 valence electrons. The lowest BCUT2D eigenvalue weighted by Crippen LogP contribution is -2.29. The van der Waals surface area contributed by atoms with Crippen LogP contribution in [0.2, 0.25) is 4.34 Å². The first-order valence-corrected chi connectivity index (χ1v) is 8.22. The van der Waals surface area contributed by atoms with Crippen LogP contribution in [0.3, 0.4) is 0 Å². The van der Waals surface area contributed by atoms with Gasteiger partial charge in [-0.25, -0.2) is 0 Å². The van der Waals surface area contributed by atoms with Crippen molar-refractivity contribution in [3.05, 3.63) is 21.3 Å². The van der Waals surface area contributed by atoms with Crippen LogP contribution in [0.25, 0.3) is 0 Å². The van der Waals surface area contributed by atoms with E-state index < -0.39 is 10.8 Å². The van der Waals surface area contributed by atoms with E-state index >= 15 is 0 Å². The second-order valence-electron chi connectivity index (χ2n) is 4.00. The van der Waals surface area contributed by atoms with E-state index in [0.717, 1.165) is 16.5 Å². The summed E-state index contributed by atoms with van der Waals surface area (Å²) in [7, 11) is -0.700. The Balaban J connectivity index is 2.39. The topological polar surface area (TPSA) is 29.1 Å². The number of hydrogen-bond donors (Lipinski definition) is 1. The van der Waals surface area contributed by atoms with Crippen molar-refractivity contribution in [1.82, 2.24) is 5.32 Å². The molecule has 0 aromatic carbocycles. The van der Waals surface area contributed by atoms with Crippen molar-refractivity contribution in [2.24, 2.45) is 0 Å². The summed E-state index contributed by atoms with van der Waals surface area (Å²) in [5.74, 6) is 0.756. The Morgan fingerprint density at radius 3 is 2.69 bits per heavy atom. The maximum atomic E-state index is 11.0. The summed E-state index contributed by atoms with van der Waals surface area (Å²) in [5.41, 5.74) is 0. The van der Waals surface area contributed by atoms with Gasteiger partial charge in [0, 0.05) is 39.8 Å². The maximum Gasteiger partial charge on any atom is 0.0931 e. The highest BCUT2D eigenvalue weighted by molar-refractivity contribution is 7.84. The quantitative estimate of drug-likeness (QED) is 0.866. The zero-order valence-corrected chi connectivity index (χ0v) is 12.2. The minimum atomic E-state index is -0.700. The second-order valence-corrected chi connectivity index (χ2v) is 7.30. The number of halogens is 1. The normalized spacial score (nSPS) is 17.0. The van der Waals surface area contributed by atoms with Crippen molar-refractivity contribution < 1.29 is 4.21 Å².